The number of thiophene rings is 1. The first-order valence-corrected chi connectivity index (χ1v) is 8.66. The van der Waals surface area contributed by atoms with E-state index in [2.05, 4.69) is 23.1 Å². The van der Waals surface area contributed by atoms with Gasteiger partial charge in [-0.1, -0.05) is 12.1 Å². The average Bonchev–Trinajstić information content (AvgIpc) is 3.24. The number of benzene rings is 1. The maximum absolute atomic E-state index is 12.1. The van der Waals surface area contributed by atoms with Crippen LogP contribution in [-0.2, 0) is 4.74 Å². The number of ether oxygens (including phenoxy) is 1. The van der Waals surface area contributed by atoms with E-state index in [0.717, 1.165) is 18.7 Å². The van der Waals surface area contributed by atoms with Crippen LogP contribution in [0.25, 0.3) is 11.1 Å². The Bertz CT molecular complexity index is 737. The van der Waals surface area contributed by atoms with Gasteiger partial charge in [0.2, 0.25) is 0 Å². The third-order valence-electron chi connectivity index (χ3n) is 4.00. The van der Waals surface area contributed by atoms with Crippen LogP contribution in [0.2, 0.25) is 0 Å². The number of carbonyl (C=O) groups excluding carboxylic acids is 1. The lowest BCUT2D eigenvalue weighted by Gasteiger charge is -2.17. The highest BCUT2D eigenvalue weighted by Crippen LogP contribution is 2.34. The molecule has 118 valence electrons. The minimum absolute atomic E-state index is 0.325. The molecule has 0 bridgehead atoms. The van der Waals surface area contributed by atoms with Gasteiger partial charge in [-0.05, 0) is 37.5 Å². The van der Waals surface area contributed by atoms with Crippen LogP contribution in [0.15, 0.2) is 29.6 Å². The lowest BCUT2D eigenvalue weighted by molar-refractivity contribution is 0.0533. The zero-order valence-corrected chi connectivity index (χ0v) is 13.9. The molecular formula is C18H18N2O2S. The summed E-state index contributed by atoms with van der Waals surface area (Å²) in [4.78, 5) is 15.0. The van der Waals surface area contributed by atoms with Crippen LogP contribution >= 0.6 is 11.3 Å². The second-order valence-corrected chi connectivity index (χ2v) is 6.31. The van der Waals surface area contributed by atoms with Gasteiger partial charge >= 0.3 is 5.97 Å². The van der Waals surface area contributed by atoms with Crippen LogP contribution in [0.4, 0.5) is 5.69 Å². The highest BCUT2D eigenvalue weighted by Gasteiger charge is 2.21. The van der Waals surface area contributed by atoms with Crippen molar-refractivity contribution in [1.29, 1.82) is 5.26 Å². The van der Waals surface area contributed by atoms with E-state index >= 15 is 0 Å². The average molecular weight is 326 g/mol. The number of anilines is 1. The minimum Gasteiger partial charge on any atom is -0.462 e. The summed E-state index contributed by atoms with van der Waals surface area (Å²) in [6, 6.07) is 10.3. The van der Waals surface area contributed by atoms with Crippen molar-refractivity contribution in [2.45, 2.75) is 19.8 Å². The van der Waals surface area contributed by atoms with E-state index in [9.17, 15) is 10.1 Å². The van der Waals surface area contributed by atoms with Crippen molar-refractivity contribution in [3.8, 4) is 17.2 Å². The second kappa shape index (κ2) is 6.84. The molecule has 0 unspecified atom stereocenters. The van der Waals surface area contributed by atoms with Gasteiger partial charge in [-0.15, -0.1) is 11.3 Å². The van der Waals surface area contributed by atoms with Crippen LogP contribution in [0, 0.1) is 11.3 Å². The Kier molecular flexibility index (Phi) is 4.63. The lowest BCUT2D eigenvalue weighted by atomic mass is 10.0. The first-order valence-electron chi connectivity index (χ1n) is 7.78. The van der Waals surface area contributed by atoms with Crippen molar-refractivity contribution >= 4 is 23.0 Å². The maximum atomic E-state index is 12.1. The molecule has 0 atom stereocenters. The van der Waals surface area contributed by atoms with Crippen molar-refractivity contribution in [2.24, 2.45) is 0 Å². The first kappa shape index (κ1) is 15.6. The molecule has 0 radical (unpaired) electrons. The van der Waals surface area contributed by atoms with E-state index in [1.165, 1.54) is 29.9 Å². The molecular weight excluding hydrogens is 308 g/mol. The Morgan fingerprint density at radius 1 is 1.30 bits per heavy atom. The van der Waals surface area contributed by atoms with Crippen LogP contribution in [0.3, 0.4) is 0 Å². The molecule has 0 saturated carbocycles. The SMILES string of the molecule is CCOC(=O)c1scc(C#N)c1-c1ccc(N2CCCC2)cc1. The molecule has 4 nitrogen and oxygen atoms in total. The van der Waals surface area contributed by atoms with Gasteiger partial charge in [-0.2, -0.15) is 5.26 Å². The highest BCUT2D eigenvalue weighted by molar-refractivity contribution is 7.12. The Labute approximate surface area is 139 Å². The van der Waals surface area contributed by atoms with Gasteiger partial charge in [0, 0.05) is 29.7 Å². The molecule has 0 amide bonds. The van der Waals surface area contributed by atoms with Gasteiger partial charge in [-0.3, -0.25) is 0 Å². The van der Waals surface area contributed by atoms with Gasteiger partial charge in [0.25, 0.3) is 0 Å². The first-order chi connectivity index (χ1) is 11.2. The van der Waals surface area contributed by atoms with Crippen LogP contribution in [0.1, 0.15) is 35.0 Å². The number of hydrogen-bond donors (Lipinski definition) is 0. The number of rotatable bonds is 4. The summed E-state index contributed by atoms with van der Waals surface area (Å²) in [5.41, 5.74) is 3.28. The molecule has 0 N–H and O–H groups in total. The zero-order chi connectivity index (χ0) is 16.2. The topological polar surface area (TPSA) is 53.3 Å². The molecule has 0 spiro atoms. The van der Waals surface area contributed by atoms with Crippen molar-refractivity contribution in [1.82, 2.24) is 0 Å². The standard InChI is InChI=1S/C18H18N2O2S/c1-2-22-18(21)17-16(14(11-19)12-23-17)13-5-7-15(8-6-13)20-9-3-4-10-20/h5-8,12H,2-4,9-10H2,1H3. The molecule has 5 heteroatoms. The zero-order valence-electron chi connectivity index (χ0n) is 13.0. The molecule has 2 aromatic rings. The number of nitriles is 1. The smallest absolute Gasteiger partial charge is 0.348 e. The Morgan fingerprint density at radius 2 is 2.00 bits per heavy atom. The van der Waals surface area contributed by atoms with Gasteiger partial charge in [0.15, 0.2) is 0 Å². The molecule has 1 aliphatic heterocycles. The predicted molar refractivity (Wildman–Crippen MR) is 91.9 cm³/mol. The highest BCUT2D eigenvalue weighted by atomic mass is 32.1. The quantitative estimate of drug-likeness (QED) is 0.795. The van der Waals surface area contributed by atoms with E-state index in [4.69, 9.17) is 4.74 Å². The largest absolute Gasteiger partial charge is 0.462 e. The van der Waals surface area contributed by atoms with Crippen molar-refractivity contribution in [3.63, 3.8) is 0 Å². The molecule has 1 fully saturated rings. The Balaban J connectivity index is 1.95. The van der Waals surface area contributed by atoms with Crippen LogP contribution < -0.4 is 4.90 Å². The summed E-state index contributed by atoms with van der Waals surface area (Å²) < 4.78 is 5.11. The summed E-state index contributed by atoms with van der Waals surface area (Å²) in [5.74, 6) is -0.363. The van der Waals surface area contributed by atoms with Gasteiger partial charge in [0.1, 0.15) is 10.9 Å². The van der Waals surface area contributed by atoms with Crippen molar-refractivity contribution in [3.05, 3.63) is 40.1 Å². The van der Waals surface area contributed by atoms with E-state index < -0.39 is 0 Å². The number of hydrogen-bond acceptors (Lipinski definition) is 5. The molecule has 3 rings (SSSR count). The fourth-order valence-electron chi connectivity index (χ4n) is 2.89. The van der Waals surface area contributed by atoms with Gasteiger partial charge < -0.3 is 9.64 Å². The van der Waals surface area contributed by atoms with E-state index in [1.807, 2.05) is 12.1 Å². The number of carbonyl (C=O) groups is 1. The second-order valence-electron chi connectivity index (χ2n) is 5.43. The Morgan fingerprint density at radius 3 is 2.61 bits per heavy atom. The normalized spacial score (nSPS) is 13.8. The third-order valence-corrected chi connectivity index (χ3v) is 4.96. The monoisotopic (exact) mass is 326 g/mol. The van der Waals surface area contributed by atoms with Crippen molar-refractivity contribution < 1.29 is 9.53 Å². The number of esters is 1. The molecule has 1 aliphatic rings. The summed E-state index contributed by atoms with van der Waals surface area (Å²) in [6.45, 7) is 4.29. The predicted octanol–water partition coefficient (Wildman–Crippen LogP) is 4.06. The summed E-state index contributed by atoms with van der Waals surface area (Å²) in [7, 11) is 0. The summed E-state index contributed by atoms with van der Waals surface area (Å²) >= 11 is 1.27. The Hall–Kier alpha value is -2.32. The number of nitrogens with zero attached hydrogens (tertiary/aromatic N) is 2. The van der Waals surface area contributed by atoms with Crippen LogP contribution in [0.5, 0.6) is 0 Å². The van der Waals surface area contributed by atoms with Gasteiger partial charge in [-0.25, -0.2) is 4.79 Å². The third kappa shape index (κ3) is 3.08. The molecule has 0 aliphatic carbocycles. The minimum atomic E-state index is -0.363. The molecule has 1 aromatic heterocycles. The van der Waals surface area contributed by atoms with Crippen molar-refractivity contribution in [2.75, 3.05) is 24.6 Å². The summed E-state index contributed by atoms with van der Waals surface area (Å²) in [5, 5.41) is 11.0. The molecule has 2 heterocycles. The summed E-state index contributed by atoms with van der Waals surface area (Å²) in [6.07, 6.45) is 2.47. The lowest BCUT2D eigenvalue weighted by Crippen LogP contribution is -2.17. The van der Waals surface area contributed by atoms with E-state index in [1.54, 1.807) is 12.3 Å². The fourth-order valence-corrected chi connectivity index (χ4v) is 3.79. The molecule has 1 saturated heterocycles. The molecule has 23 heavy (non-hydrogen) atoms. The van der Waals surface area contributed by atoms with E-state index in [0.29, 0.717) is 22.6 Å². The van der Waals surface area contributed by atoms with Gasteiger partial charge in [0.05, 0.1) is 12.2 Å². The van der Waals surface area contributed by atoms with E-state index in [-0.39, 0.29) is 5.97 Å². The van der Waals surface area contributed by atoms with Crippen LogP contribution in [-0.4, -0.2) is 25.7 Å². The molecule has 1 aromatic carbocycles. The maximum Gasteiger partial charge on any atom is 0.348 e. The fraction of sp³-hybridized carbons (Fsp3) is 0.333.